The van der Waals surface area contributed by atoms with Crippen molar-refractivity contribution < 1.29 is 9.90 Å². The van der Waals surface area contributed by atoms with Crippen LogP contribution in [-0.2, 0) is 7.05 Å². The molecule has 0 saturated carbocycles. The number of aryl methyl sites for hydroxylation is 1. The summed E-state index contributed by atoms with van der Waals surface area (Å²) in [6.07, 6.45) is 0. The number of carboxylic acid groups (broad SMARTS) is 1. The van der Waals surface area contributed by atoms with Crippen molar-refractivity contribution in [3.63, 3.8) is 0 Å². The van der Waals surface area contributed by atoms with Crippen molar-refractivity contribution in [2.24, 2.45) is 7.05 Å². The van der Waals surface area contributed by atoms with Crippen LogP contribution in [0.25, 0.3) is 22.2 Å². The molecule has 2 aromatic carbocycles. The van der Waals surface area contributed by atoms with E-state index < -0.39 is 5.97 Å². The maximum Gasteiger partial charge on any atom is 0.335 e. The molecule has 3 rings (SSSR count). The molecule has 0 aliphatic carbocycles. The fraction of sp³-hybridized carbons (Fsp3) is 0.0625. The number of aromatic carboxylic acids is 1. The van der Waals surface area contributed by atoms with Gasteiger partial charge in [0.1, 0.15) is 0 Å². The fourth-order valence-corrected chi connectivity index (χ4v) is 2.75. The predicted octanol–water partition coefficient (Wildman–Crippen LogP) is 4.85. The van der Waals surface area contributed by atoms with Gasteiger partial charge in [0.05, 0.1) is 15.6 Å². The van der Waals surface area contributed by atoms with Crippen molar-refractivity contribution in [3.8, 4) is 11.3 Å². The predicted molar refractivity (Wildman–Crippen MR) is 85.3 cm³/mol. The third-order valence-electron chi connectivity index (χ3n) is 3.49. The van der Waals surface area contributed by atoms with Gasteiger partial charge in [-0.05, 0) is 35.9 Å². The molecule has 0 aliphatic heterocycles. The Hall–Kier alpha value is -1.97. The van der Waals surface area contributed by atoms with Crippen molar-refractivity contribution in [3.05, 3.63) is 58.1 Å². The molecule has 0 bridgehead atoms. The maximum atomic E-state index is 11.1. The van der Waals surface area contributed by atoms with Gasteiger partial charge < -0.3 is 9.67 Å². The molecule has 0 unspecified atom stereocenters. The molecule has 0 atom stereocenters. The lowest BCUT2D eigenvalue weighted by molar-refractivity contribution is 0.0697. The zero-order chi connectivity index (χ0) is 15.1. The highest BCUT2D eigenvalue weighted by Gasteiger charge is 2.12. The monoisotopic (exact) mass is 319 g/mol. The van der Waals surface area contributed by atoms with E-state index in [1.54, 1.807) is 18.2 Å². The Labute approximate surface area is 131 Å². The molecule has 3 aromatic rings. The minimum atomic E-state index is -0.943. The highest BCUT2D eigenvalue weighted by atomic mass is 35.5. The van der Waals surface area contributed by atoms with Gasteiger partial charge in [0.15, 0.2) is 0 Å². The SMILES string of the molecule is Cn1c(-c2cccc(C(=O)O)c2)cc2cc(Cl)c(Cl)cc21. The van der Waals surface area contributed by atoms with Crippen LogP contribution in [0.15, 0.2) is 42.5 Å². The average Bonchev–Trinajstić information content (AvgIpc) is 2.77. The third kappa shape index (κ3) is 2.39. The Balaban J connectivity index is 2.23. The number of hydrogen-bond acceptors (Lipinski definition) is 1. The standard InChI is InChI=1S/C16H11Cl2NO2/c1-19-14(9-3-2-4-10(5-9)16(20)21)7-11-6-12(17)13(18)8-15(11)19/h2-8H,1H3,(H,20,21). The summed E-state index contributed by atoms with van der Waals surface area (Å²) in [5.74, 6) is -0.943. The van der Waals surface area contributed by atoms with Crippen LogP contribution in [0.2, 0.25) is 10.0 Å². The van der Waals surface area contributed by atoms with Crippen molar-refractivity contribution in [2.45, 2.75) is 0 Å². The quantitative estimate of drug-likeness (QED) is 0.733. The lowest BCUT2D eigenvalue weighted by Gasteiger charge is -2.06. The molecule has 3 nitrogen and oxygen atoms in total. The lowest BCUT2D eigenvalue weighted by atomic mass is 10.1. The van der Waals surface area contributed by atoms with Crippen LogP contribution in [0.4, 0.5) is 0 Å². The van der Waals surface area contributed by atoms with Gasteiger partial charge in [0, 0.05) is 23.6 Å². The molecule has 1 aromatic heterocycles. The Morgan fingerprint density at radius 2 is 1.81 bits per heavy atom. The van der Waals surface area contributed by atoms with Gasteiger partial charge in [-0.2, -0.15) is 0 Å². The van der Waals surface area contributed by atoms with Crippen molar-refractivity contribution >= 4 is 40.1 Å². The first-order valence-electron chi connectivity index (χ1n) is 6.25. The molecule has 1 heterocycles. The summed E-state index contributed by atoms with van der Waals surface area (Å²) < 4.78 is 1.97. The second-order valence-corrected chi connectivity index (χ2v) is 5.61. The largest absolute Gasteiger partial charge is 0.478 e. The normalized spacial score (nSPS) is 11.0. The summed E-state index contributed by atoms with van der Waals surface area (Å²) in [7, 11) is 1.91. The first-order valence-corrected chi connectivity index (χ1v) is 7.01. The fourth-order valence-electron chi connectivity index (χ4n) is 2.42. The molecular formula is C16H11Cl2NO2. The molecular weight excluding hydrogens is 309 g/mol. The van der Waals surface area contributed by atoms with Crippen molar-refractivity contribution in [2.75, 3.05) is 0 Å². The first-order chi connectivity index (χ1) is 9.97. The Kier molecular flexibility index (Phi) is 3.40. The van der Waals surface area contributed by atoms with E-state index in [1.807, 2.05) is 35.9 Å². The molecule has 0 fully saturated rings. The number of fused-ring (bicyclic) bond motifs is 1. The molecule has 0 amide bonds. The summed E-state index contributed by atoms with van der Waals surface area (Å²) >= 11 is 12.1. The van der Waals surface area contributed by atoms with Gasteiger partial charge in [0.2, 0.25) is 0 Å². The number of carboxylic acids is 1. The van der Waals surface area contributed by atoms with E-state index in [0.717, 1.165) is 22.2 Å². The highest BCUT2D eigenvalue weighted by molar-refractivity contribution is 6.42. The zero-order valence-corrected chi connectivity index (χ0v) is 12.6. The number of hydrogen-bond donors (Lipinski definition) is 1. The maximum absolute atomic E-state index is 11.1. The van der Waals surface area contributed by atoms with Crippen LogP contribution in [-0.4, -0.2) is 15.6 Å². The van der Waals surface area contributed by atoms with Gasteiger partial charge in [-0.1, -0.05) is 35.3 Å². The second kappa shape index (κ2) is 5.10. The molecule has 21 heavy (non-hydrogen) atoms. The molecule has 0 spiro atoms. The molecule has 0 saturated heterocycles. The van der Waals surface area contributed by atoms with E-state index in [0.29, 0.717) is 10.0 Å². The Morgan fingerprint density at radius 3 is 2.52 bits per heavy atom. The summed E-state index contributed by atoms with van der Waals surface area (Å²) in [6, 6.07) is 12.4. The van der Waals surface area contributed by atoms with Gasteiger partial charge >= 0.3 is 5.97 Å². The van der Waals surface area contributed by atoms with Crippen molar-refractivity contribution in [1.29, 1.82) is 0 Å². The average molecular weight is 320 g/mol. The van der Waals surface area contributed by atoms with Crippen LogP contribution >= 0.6 is 23.2 Å². The molecule has 5 heteroatoms. The van der Waals surface area contributed by atoms with E-state index in [-0.39, 0.29) is 5.56 Å². The van der Waals surface area contributed by atoms with Crippen molar-refractivity contribution in [1.82, 2.24) is 4.57 Å². The summed E-state index contributed by atoms with van der Waals surface area (Å²) in [5.41, 5.74) is 2.95. The van der Waals surface area contributed by atoms with E-state index in [1.165, 1.54) is 0 Å². The second-order valence-electron chi connectivity index (χ2n) is 4.80. The van der Waals surface area contributed by atoms with Crippen LogP contribution in [0.1, 0.15) is 10.4 Å². The number of rotatable bonds is 2. The van der Waals surface area contributed by atoms with Gasteiger partial charge in [-0.3, -0.25) is 0 Å². The first kappa shape index (κ1) is 14.0. The summed E-state index contributed by atoms with van der Waals surface area (Å²) in [4.78, 5) is 11.1. The summed E-state index contributed by atoms with van der Waals surface area (Å²) in [5, 5.41) is 11.1. The van der Waals surface area contributed by atoms with Gasteiger partial charge in [-0.15, -0.1) is 0 Å². The molecule has 0 aliphatic rings. The number of carbonyl (C=O) groups is 1. The van der Waals surface area contributed by atoms with Gasteiger partial charge in [0.25, 0.3) is 0 Å². The molecule has 106 valence electrons. The van der Waals surface area contributed by atoms with Crippen LogP contribution in [0.3, 0.4) is 0 Å². The smallest absolute Gasteiger partial charge is 0.335 e. The highest BCUT2D eigenvalue weighted by Crippen LogP contribution is 2.33. The third-order valence-corrected chi connectivity index (χ3v) is 4.21. The van der Waals surface area contributed by atoms with Crippen LogP contribution in [0.5, 0.6) is 0 Å². The molecule has 0 radical (unpaired) electrons. The Morgan fingerprint density at radius 1 is 1.10 bits per heavy atom. The number of benzene rings is 2. The molecule has 1 N–H and O–H groups in total. The lowest BCUT2D eigenvalue weighted by Crippen LogP contribution is -1.97. The van der Waals surface area contributed by atoms with E-state index >= 15 is 0 Å². The Bertz CT molecular complexity index is 868. The number of nitrogens with zero attached hydrogens (tertiary/aromatic N) is 1. The van der Waals surface area contributed by atoms with Gasteiger partial charge in [-0.25, -0.2) is 4.79 Å². The van der Waals surface area contributed by atoms with Crippen LogP contribution in [0, 0.1) is 0 Å². The minimum absolute atomic E-state index is 0.258. The topological polar surface area (TPSA) is 42.2 Å². The van der Waals surface area contributed by atoms with E-state index in [4.69, 9.17) is 28.3 Å². The number of aromatic nitrogens is 1. The number of halogens is 2. The summed E-state index contributed by atoms with van der Waals surface area (Å²) in [6.45, 7) is 0. The zero-order valence-electron chi connectivity index (χ0n) is 11.1. The van der Waals surface area contributed by atoms with E-state index in [9.17, 15) is 4.79 Å². The van der Waals surface area contributed by atoms with Crippen LogP contribution < -0.4 is 0 Å². The minimum Gasteiger partial charge on any atom is -0.478 e. The van der Waals surface area contributed by atoms with E-state index in [2.05, 4.69) is 0 Å².